The second-order valence-electron chi connectivity index (χ2n) is 8.49. The van der Waals surface area contributed by atoms with E-state index in [1.54, 1.807) is 0 Å². The fraction of sp³-hybridized carbons (Fsp3) is 0.400. The minimum atomic E-state index is -0.0946. The molecule has 162 valence electrons. The number of piperidine rings is 1. The van der Waals surface area contributed by atoms with Gasteiger partial charge in [0.25, 0.3) is 5.91 Å². The van der Waals surface area contributed by atoms with E-state index in [0.29, 0.717) is 0 Å². The number of carbonyl (C=O) groups is 1. The molecular weight excluding hydrogens is 386 g/mol. The lowest BCUT2D eigenvalue weighted by Crippen LogP contribution is -2.44. The molecule has 2 aromatic carbocycles. The largest absolute Gasteiger partial charge is 0.336 e. The van der Waals surface area contributed by atoms with Crippen LogP contribution >= 0.6 is 0 Å². The molecule has 6 nitrogen and oxygen atoms in total. The van der Waals surface area contributed by atoms with Crippen molar-refractivity contribution >= 4 is 5.91 Å². The molecule has 4 rings (SSSR count). The Hall–Kier alpha value is -2.99. The average Bonchev–Trinajstić information content (AvgIpc) is 3.22. The van der Waals surface area contributed by atoms with Gasteiger partial charge in [-0.25, -0.2) is 9.67 Å². The Labute approximate surface area is 184 Å². The smallest absolute Gasteiger partial charge is 0.293 e. The molecule has 1 aliphatic heterocycles. The number of carbonyl (C=O) groups excluding carboxylic acids is 1. The van der Waals surface area contributed by atoms with Gasteiger partial charge in [0.05, 0.1) is 5.69 Å². The summed E-state index contributed by atoms with van der Waals surface area (Å²) in [6, 6.07) is 18.7. The molecule has 1 aromatic heterocycles. The highest BCUT2D eigenvalue weighted by molar-refractivity contribution is 5.90. The number of para-hydroxylation sites is 1. The molecule has 31 heavy (non-hydrogen) atoms. The van der Waals surface area contributed by atoms with E-state index in [1.807, 2.05) is 53.0 Å². The average molecular weight is 418 g/mol. The zero-order valence-electron chi connectivity index (χ0n) is 18.7. The minimum Gasteiger partial charge on any atom is -0.336 e. The van der Waals surface area contributed by atoms with Gasteiger partial charge in [0.1, 0.15) is 5.82 Å². The van der Waals surface area contributed by atoms with Gasteiger partial charge >= 0.3 is 0 Å². The van der Waals surface area contributed by atoms with Gasteiger partial charge in [-0.05, 0) is 63.5 Å². The molecule has 0 spiro atoms. The van der Waals surface area contributed by atoms with Crippen LogP contribution in [0.25, 0.3) is 5.69 Å². The SMILES string of the molecule is Cc1ccccc1-n1nc(C(=O)N(C)C2CCN(C)CC2)nc1CCc1ccccc1. The van der Waals surface area contributed by atoms with Crippen LogP contribution in [-0.4, -0.2) is 63.7 Å². The number of benzene rings is 2. The lowest BCUT2D eigenvalue weighted by atomic mass is 10.0. The van der Waals surface area contributed by atoms with Gasteiger partial charge in [0.15, 0.2) is 0 Å². The van der Waals surface area contributed by atoms with Crippen LogP contribution in [0.2, 0.25) is 0 Å². The number of aryl methyl sites for hydroxylation is 3. The van der Waals surface area contributed by atoms with Gasteiger partial charge in [-0.2, -0.15) is 0 Å². The first-order chi connectivity index (χ1) is 15.0. The van der Waals surface area contributed by atoms with Crippen LogP contribution in [0.1, 0.15) is 40.4 Å². The molecule has 6 heteroatoms. The molecule has 1 amide bonds. The maximum atomic E-state index is 13.3. The van der Waals surface area contributed by atoms with E-state index in [1.165, 1.54) is 5.56 Å². The normalized spacial score (nSPS) is 15.2. The lowest BCUT2D eigenvalue weighted by Gasteiger charge is -2.34. The molecule has 2 heterocycles. The van der Waals surface area contributed by atoms with Crippen molar-refractivity contribution in [1.29, 1.82) is 0 Å². The first-order valence-electron chi connectivity index (χ1n) is 11.0. The quantitative estimate of drug-likeness (QED) is 0.616. The fourth-order valence-corrected chi connectivity index (χ4v) is 4.20. The molecule has 1 saturated heterocycles. The minimum absolute atomic E-state index is 0.0946. The summed E-state index contributed by atoms with van der Waals surface area (Å²) in [5.41, 5.74) is 3.33. The highest BCUT2D eigenvalue weighted by atomic mass is 16.2. The van der Waals surface area contributed by atoms with E-state index in [2.05, 4.69) is 42.2 Å². The number of aromatic nitrogens is 3. The molecule has 1 fully saturated rings. The van der Waals surface area contributed by atoms with Crippen molar-refractivity contribution in [2.75, 3.05) is 27.2 Å². The molecule has 0 aliphatic carbocycles. The van der Waals surface area contributed by atoms with Gasteiger partial charge in [-0.15, -0.1) is 5.10 Å². The highest BCUT2D eigenvalue weighted by Gasteiger charge is 2.28. The van der Waals surface area contributed by atoms with E-state index < -0.39 is 0 Å². The number of hydrogen-bond donors (Lipinski definition) is 0. The van der Waals surface area contributed by atoms with Gasteiger partial charge < -0.3 is 9.80 Å². The van der Waals surface area contributed by atoms with Crippen molar-refractivity contribution in [1.82, 2.24) is 24.6 Å². The van der Waals surface area contributed by atoms with Crippen LogP contribution in [0, 0.1) is 6.92 Å². The standard InChI is InChI=1S/C25H31N5O/c1-19-9-7-8-12-22(19)30-23(14-13-20-10-5-4-6-11-20)26-24(27-30)25(31)29(3)21-15-17-28(2)18-16-21/h4-12,21H,13-18H2,1-3H3. The van der Waals surface area contributed by atoms with Crippen LogP contribution in [0.3, 0.4) is 0 Å². The third-order valence-electron chi connectivity index (χ3n) is 6.25. The number of hydrogen-bond acceptors (Lipinski definition) is 4. The number of nitrogens with zero attached hydrogens (tertiary/aromatic N) is 5. The molecule has 0 bridgehead atoms. The maximum Gasteiger partial charge on any atom is 0.293 e. The fourth-order valence-electron chi connectivity index (χ4n) is 4.20. The predicted molar refractivity (Wildman–Crippen MR) is 123 cm³/mol. The van der Waals surface area contributed by atoms with E-state index >= 15 is 0 Å². The van der Waals surface area contributed by atoms with Gasteiger partial charge in [0, 0.05) is 19.5 Å². The molecule has 0 unspecified atom stereocenters. The Kier molecular flexibility index (Phi) is 6.47. The third kappa shape index (κ3) is 4.85. The number of likely N-dealkylation sites (tertiary alicyclic amines) is 1. The monoisotopic (exact) mass is 417 g/mol. The second kappa shape index (κ2) is 9.43. The summed E-state index contributed by atoms with van der Waals surface area (Å²) in [6.45, 7) is 4.08. The molecular formula is C25H31N5O. The summed E-state index contributed by atoms with van der Waals surface area (Å²) in [5.74, 6) is 1.01. The Balaban J connectivity index is 1.61. The van der Waals surface area contributed by atoms with Crippen LogP contribution in [0.5, 0.6) is 0 Å². The Morgan fingerprint density at radius 1 is 1.03 bits per heavy atom. The molecule has 0 saturated carbocycles. The first-order valence-corrected chi connectivity index (χ1v) is 11.0. The first kappa shape index (κ1) is 21.2. The Morgan fingerprint density at radius 2 is 1.71 bits per heavy atom. The molecule has 0 radical (unpaired) electrons. The van der Waals surface area contributed by atoms with Crippen LogP contribution < -0.4 is 0 Å². The van der Waals surface area contributed by atoms with E-state index in [-0.39, 0.29) is 17.8 Å². The summed E-state index contributed by atoms with van der Waals surface area (Å²) in [7, 11) is 4.01. The summed E-state index contributed by atoms with van der Waals surface area (Å²) in [6.07, 6.45) is 3.54. The zero-order chi connectivity index (χ0) is 21.8. The lowest BCUT2D eigenvalue weighted by molar-refractivity contribution is 0.0647. The second-order valence-corrected chi connectivity index (χ2v) is 8.49. The van der Waals surface area contributed by atoms with Gasteiger partial charge in [-0.1, -0.05) is 48.5 Å². The topological polar surface area (TPSA) is 54.3 Å². The summed E-state index contributed by atoms with van der Waals surface area (Å²) < 4.78 is 1.86. The van der Waals surface area contributed by atoms with Crippen LogP contribution in [0.4, 0.5) is 0 Å². The van der Waals surface area contributed by atoms with E-state index in [4.69, 9.17) is 4.98 Å². The maximum absolute atomic E-state index is 13.3. The Bertz CT molecular complexity index is 1020. The van der Waals surface area contributed by atoms with Crippen molar-refractivity contribution in [3.8, 4) is 5.69 Å². The van der Waals surface area contributed by atoms with E-state index in [0.717, 1.165) is 55.8 Å². The van der Waals surface area contributed by atoms with Crippen molar-refractivity contribution in [3.05, 3.63) is 77.4 Å². The van der Waals surface area contributed by atoms with Gasteiger partial charge in [0.2, 0.25) is 5.82 Å². The summed E-state index contributed by atoms with van der Waals surface area (Å²) in [5, 5.41) is 4.69. The predicted octanol–water partition coefficient (Wildman–Crippen LogP) is 3.53. The molecule has 0 atom stereocenters. The summed E-state index contributed by atoms with van der Waals surface area (Å²) in [4.78, 5) is 22.1. The zero-order valence-corrected chi connectivity index (χ0v) is 18.7. The van der Waals surface area contributed by atoms with E-state index in [9.17, 15) is 4.79 Å². The number of rotatable bonds is 6. The Morgan fingerprint density at radius 3 is 2.42 bits per heavy atom. The molecule has 3 aromatic rings. The molecule has 0 N–H and O–H groups in total. The van der Waals surface area contributed by atoms with Gasteiger partial charge in [-0.3, -0.25) is 4.79 Å². The van der Waals surface area contributed by atoms with Crippen LogP contribution in [-0.2, 0) is 12.8 Å². The van der Waals surface area contributed by atoms with Crippen molar-refractivity contribution in [3.63, 3.8) is 0 Å². The number of amides is 1. The van der Waals surface area contributed by atoms with Crippen LogP contribution in [0.15, 0.2) is 54.6 Å². The van der Waals surface area contributed by atoms with Crippen molar-refractivity contribution < 1.29 is 4.79 Å². The van der Waals surface area contributed by atoms with Crippen molar-refractivity contribution in [2.24, 2.45) is 0 Å². The summed E-state index contributed by atoms with van der Waals surface area (Å²) >= 11 is 0. The third-order valence-corrected chi connectivity index (χ3v) is 6.25. The highest BCUT2D eigenvalue weighted by Crippen LogP contribution is 2.19. The van der Waals surface area contributed by atoms with Crippen molar-refractivity contribution in [2.45, 2.75) is 38.6 Å². The molecule has 1 aliphatic rings.